The first-order valence-corrected chi connectivity index (χ1v) is 11.0. The summed E-state index contributed by atoms with van der Waals surface area (Å²) >= 11 is 1.37. The molecule has 3 aromatic rings. The molecule has 0 aliphatic carbocycles. The molecule has 0 saturated carbocycles. The standard InChI is InChI=1S/C23H28N4O2S/c1-5-23(3,4)24-21(28)16-30-22-26-25-20(27(22)18-12-7-6-8-13-18)15-29-19-14-10-9-11-17(19)2/h6-14H,5,15-16H2,1-4H3,(H,24,28). The van der Waals surface area contributed by atoms with Gasteiger partial charge in [0.05, 0.1) is 5.75 Å². The van der Waals surface area contributed by atoms with Crippen molar-refractivity contribution in [3.63, 3.8) is 0 Å². The van der Waals surface area contributed by atoms with Crippen LogP contribution in [0, 0.1) is 6.92 Å². The molecule has 158 valence electrons. The number of hydrogen-bond acceptors (Lipinski definition) is 5. The Balaban J connectivity index is 1.78. The third-order valence-electron chi connectivity index (χ3n) is 4.86. The van der Waals surface area contributed by atoms with Crippen LogP contribution in [0.3, 0.4) is 0 Å². The molecule has 0 atom stereocenters. The van der Waals surface area contributed by atoms with E-state index in [2.05, 4.69) is 22.4 Å². The summed E-state index contributed by atoms with van der Waals surface area (Å²) in [5.41, 5.74) is 1.77. The molecule has 0 spiro atoms. The Labute approximate surface area is 182 Å². The summed E-state index contributed by atoms with van der Waals surface area (Å²) in [6.07, 6.45) is 0.865. The van der Waals surface area contributed by atoms with Gasteiger partial charge in [-0.1, -0.05) is 55.1 Å². The van der Waals surface area contributed by atoms with Gasteiger partial charge < -0.3 is 10.1 Å². The van der Waals surface area contributed by atoms with Gasteiger partial charge in [-0.25, -0.2) is 0 Å². The van der Waals surface area contributed by atoms with E-state index in [-0.39, 0.29) is 23.8 Å². The minimum absolute atomic E-state index is 0.0211. The number of aromatic nitrogens is 3. The number of amides is 1. The fourth-order valence-electron chi connectivity index (χ4n) is 2.82. The quantitative estimate of drug-likeness (QED) is 0.510. The molecule has 0 radical (unpaired) electrons. The van der Waals surface area contributed by atoms with E-state index in [9.17, 15) is 4.79 Å². The van der Waals surface area contributed by atoms with Crippen molar-refractivity contribution in [1.82, 2.24) is 20.1 Å². The van der Waals surface area contributed by atoms with Crippen LogP contribution < -0.4 is 10.1 Å². The molecule has 1 N–H and O–H groups in total. The van der Waals surface area contributed by atoms with Gasteiger partial charge in [0.15, 0.2) is 11.0 Å². The monoisotopic (exact) mass is 424 g/mol. The normalized spacial score (nSPS) is 11.3. The Morgan fingerprint density at radius 2 is 1.80 bits per heavy atom. The summed E-state index contributed by atoms with van der Waals surface area (Å²) in [4.78, 5) is 12.4. The third-order valence-corrected chi connectivity index (χ3v) is 5.79. The predicted octanol–water partition coefficient (Wildman–Crippen LogP) is 4.55. The number of thioether (sulfide) groups is 1. The molecular weight excluding hydrogens is 396 g/mol. The van der Waals surface area contributed by atoms with Crippen molar-refractivity contribution in [1.29, 1.82) is 0 Å². The molecule has 1 aromatic heterocycles. The van der Waals surface area contributed by atoms with Crippen molar-refractivity contribution < 1.29 is 9.53 Å². The lowest BCUT2D eigenvalue weighted by Crippen LogP contribution is -2.43. The van der Waals surface area contributed by atoms with Crippen LogP contribution in [-0.4, -0.2) is 32.0 Å². The van der Waals surface area contributed by atoms with E-state index in [1.165, 1.54) is 11.8 Å². The number of carbonyl (C=O) groups excluding carboxylic acids is 1. The van der Waals surface area contributed by atoms with Crippen LogP contribution in [0.2, 0.25) is 0 Å². The van der Waals surface area contributed by atoms with E-state index in [1.54, 1.807) is 0 Å². The van der Waals surface area contributed by atoms with Crippen LogP contribution >= 0.6 is 11.8 Å². The van der Waals surface area contributed by atoms with Crippen molar-refractivity contribution in [2.45, 2.75) is 51.4 Å². The molecule has 1 amide bonds. The second-order valence-electron chi connectivity index (χ2n) is 7.70. The van der Waals surface area contributed by atoms with Crippen LogP contribution in [0.25, 0.3) is 5.69 Å². The number of hydrogen-bond donors (Lipinski definition) is 1. The third kappa shape index (κ3) is 5.63. The summed E-state index contributed by atoms with van der Waals surface area (Å²) in [5, 5.41) is 12.4. The summed E-state index contributed by atoms with van der Waals surface area (Å²) < 4.78 is 7.94. The van der Waals surface area contributed by atoms with E-state index in [0.29, 0.717) is 11.0 Å². The molecule has 7 heteroatoms. The number of benzene rings is 2. The number of carbonyl (C=O) groups is 1. The molecule has 0 aliphatic rings. The van der Waals surface area contributed by atoms with Gasteiger partial charge in [-0.3, -0.25) is 9.36 Å². The van der Waals surface area contributed by atoms with Gasteiger partial charge in [-0.05, 0) is 51.0 Å². The lowest BCUT2D eigenvalue weighted by atomic mass is 10.0. The molecule has 0 bridgehead atoms. The largest absolute Gasteiger partial charge is 0.485 e. The van der Waals surface area contributed by atoms with Crippen molar-refractivity contribution in [2.75, 3.05) is 5.75 Å². The average Bonchev–Trinajstić information content (AvgIpc) is 3.15. The number of aryl methyl sites for hydroxylation is 1. The summed E-state index contributed by atoms with van der Waals surface area (Å²) in [7, 11) is 0. The molecule has 0 aliphatic heterocycles. The van der Waals surface area contributed by atoms with E-state index in [1.807, 2.05) is 79.9 Å². The molecule has 0 fully saturated rings. The van der Waals surface area contributed by atoms with Crippen molar-refractivity contribution in [3.8, 4) is 11.4 Å². The van der Waals surface area contributed by atoms with Gasteiger partial charge in [-0.15, -0.1) is 10.2 Å². The fraction of sp³-hybridized carbons (Fsp3) is 0.348. The maximum Gasteiger partial charge on any atom is 0.230 e. The number of nitrogens with zero attached hydrogens (tertiary/aromatic N) is 3. The van der Waals surface area contributed by atoms with E-state index in [4.69, 9.17) is 4.74 Å². The SMILES string of the molecule is CCC(C)(C)NC(=O)CSc1nnc(COc2ccccc2C)n1-c1ccccc1. The lowest BCUT2D eigenvalue weighted by Gasteiger charge is -2.24. The first-order valence-electron chi connectivity index (χ1n) is 10.0. The van der Waals surface area contributed by atoms with Gasteiger partial charge in [0.25, 0.3) is 0 Å². The zero-order valence-corrected chi connectivity index (χ0v) is 18.7. The van der Waals surface area contributed by atoms with Crippen molar-refractivity contribution in [2.24, 2.45) is 0 Å². The zero-order valence-electron chi connectivity index (χ0n) is 17.9. The Kier molecular flexibility index (Phi) is 7.15. The van der Waals surface area contributed by atoms with Crippen molar-refractivity contribution in [3.05, 3.63) is 66.0 Å². The Bertz CT molecular complexity index is 986. The van der Waals surface area contributed by atoms with Gasteiger partial charge in [0.1, 0.15) is 12.4 Å². The van der Waals surface area contributed by atoms with Gasteiger partial charge in [-0.2, -0.15) is 0 Å². The molecule has 0 saturated heterocycles. The highest BCUT2D eigenvalue weighted by molar-refractivity contribution is 7.99. The molecule has 1 heterocycles. The van der Waals surface area contributed by atoms with Crippen LogP contribution in [0.1, 0.15) is 38.6 Å². The first-order chi connectivity index (χ1) is 14.4. The van der Waals surface area contributed by atoms with Gasteiger partial charge >= 0.3 is 0 Å². The lowest BCUT2D eigenvalue weighted by molar-refractivity contribution is -0.120. The average molecular weight is 425 g/mol. The second kappa shape index (κ2) is 9.80. The smallest absolute Gasteiger partial charge is 0.230 e. The Hall–Kier alpha value is -2.80. The van der Waals surface area contributed by atoms with Crippen LogP contribution in [-0.2, 0) is 11.4 Å². The molecule has 3 rings (SSSR count). The van der Waals surface area contributed by atoms with E-state index < -0.39 is 0 Å². The number of ether oxygens (including phenoxy) is 1. The van der Waals surface area contributed by atoms with Gasteiger partial charge in [0.2, 0.25) is 5.91 Å². The highest BCUT2D eigenvalue weighted by Crippen LogP contribution is 2.24. The Morgan fingerprint density at radius 1 is 1.10 bits per heavy atom. The predicted molar refractivity (Wildman–Crippen MR) is 120 cm³/mol. The van der Waals surface area contributed by atoms with E-state index >= 15 is 0 Å². The highest BCUT2D eigenvalue weighted by Gasteiger charge is 2.20. The van der Waals surface area contributed by atoms with Crippen LogP contribution in [0.5, 0.6) is 5.75 Å². The molecule has 6 nitrogen and oxygen atoms in total. The van der Waals surface area contributed by atoms with Crippen LogP contribution in [0.15, 0.2) is 59.8 Å². The van der Waals surface area contributed by atoms with Crippen molar-refractivity contribution >= 4 is 17.7 Å². The number of para-hydroxylation sites is 2. The van der Waals surface area contributed by atoms with E-state index in [0.717, 1.165) is 23.4 Å². The fourth-order valence-corrected chi connectivity index (χ4v) is 3.59. The Morgan fingerprint density at radius 3 is 2.50 bits per heavy atom. The minimum Gasteiger partial charge on any atom is -0.485 e. The number of rotatable bonds is 9. The maximum absolute atomic E-state index is 12.4. The molecule has 0 unspecified atom stereocenters. The topological polar surface area (TPSA) is 69.0 Å². The maximum atomic E-state index is 12.4. The summed E-state index contributed by atoms with van der Waals surface area (Å²) in [5.74, 6) is 1.75. The number of nitrogens with one attached hydrogen (secondary N) is 1. The highest BCUT2D eigenvalue weighted by atomic mass is 32.2. The molecule has 30 heavy (non-hydrogen) atoms. The second-order valence-corrected chi connectivity index (χ2v) is 8.64. The van der Waals surface area contributed by atoms with Crippen LogP contribution in [0.4, 0.5) is 0 Å². The van der Waals surface area contributed by atoms with Gasteiger partial charge in [0, 0.05) is 11.2 Å². The molecular formula is C23H28N4O2S. The first kappa shape index (κ1) is 21.9. The molecule has 2 aromatic carbocycles. The zero-order chi connectivity index (χ0) is 21.6. The summed E-state index contributed by atoms with van der Waals surface area (Å²) in [6, 6.07) is 17.7. The minimum atomic E-state index is -0.225. The summed E-state index contributed by atoms with van der Waals surface area (Å²) in [6.45, 7) is 8.38.